The molecule has 0 atom stereocenters. The van der Waals surface area contributed by atoms with E-state index in [9.17, 15) is 4.79 Å². The van der Waals surface area contributed by atoms with Gasteiger partial charge in [0.05, 0.1) is 12.9 Å². The summed E-state index contributed by atoms with van der Waals surface area (Å²) in [5.41, 5.74) is 2.54. The van der Waals surface area contributed by atoms with Crippen LogP contribution in [0, 0.1) is 0 Å². The molecule has 4 nitrogen and oxygen atoms in total. The number of nitrogens with one attached hydrogen (secondary N) is 1. The van der Waals surface area contributed by atoms with Crippen molar-refractivity contribution in [2.24, 2.45) is 0 Å². The lowest BCUT2D eigenvalue weighted by Gasteiger charge is -2.27. The third-order valence-electron chi connectivity index (χ3n) is 4.87. The van der Waals surface area contributed by atoms with Gasteiger partial charge in [0.2, 0.25) is 5.91 Å². The van der Waals surface area contributed by atoms with Crippen molar-refractivity contribution in [2.45, 2.75) is 37.2 Å². The molecule has 144 valence electrons. The van der Waals surface area contributed by atoms with E-state index in [0.29, 0.717) is 12.3 Å². The molecule has 0 unspecified atom stereocenters. The zero-order valence-electron chi connectivity index (χ0n) is 15.9. The zero-order chi connectivity index (χ0) is 18.9. The van der Waals surface area contributed by atoms with Crippen LogP contribution in [-0.2, 0) is 17.9 Å². The number of thioether (sulfide) groups is 1. The average Bonchev–Trinajstić information content (AvgIpc) is 2.73. The van der Waals surface area contributed by atoms with E-state index in [-0.39, 0.29) is 5.91 Å². The Morgan fingerprint density at radius 1 is 1.04 bits per heavy atom. The molecule has 0 radical (unpaired) electrons. The summed E-state index contributed by atoms with van der Waals surface area (Å²) in [4.78, 5) is 15.8. The van der Waals surface area contributed by atoms with Crippen LogP contribution >= 0.6 is 11.8 Å². The molecule has 1 aliphatic rings. The topological polar surface area (TPSA) is 41.6 Å². The fourth-order valence-electron chi connectivity index (χ4n) is 3.31. The fourth-order valence-corrected chi connectivity index (χ4v) is 4.04. The van der Waals surface area contributed by atoms with Gasteiger partial charge in [-0.2, -0.15) is 0 Å². The summed E-state index contributed by atoms with van der Waals surface area (Å²) in [5.74, 6) is 1.30. The molecular weight excluding hydrogens is 356 g/mol. The summed E-state index contributed by atoms with van der Waals surface area (Å²) in [7, 11) is 1.65. The van der Waals surface area contributed by atoms with Crippen molar-refractivity contribution in [3.05, 3.63) is 59.7 Å². The van der Waals surface area contributed by atoms with Gasteiger partial charge in [0.25, 0.3) is 0 Å². The zero-order valence-corrected chi connectivity index (χ0v) is 16.8. The van der Waals surface area contributed by atoms with Crippen LogP contribution in [0.25, 0.3) is 0 Å². The summed E-state index contributed by atoms with van der Waals surface area (Å²) in [6.07, 6.45) is 3.93. The maximum absolute atomic E-state index is 12.2. The predicted molar refractivity (Wildman–Crippen MR) is 111 cm³/mol. The van der Waals surface area contributed by atoms with Gasteiger partial charge >= 0.3 is 0 Å². The summed E-state index contributed by atoms with van der Waals surface area (Å²) in [6.45, 7) is 3.93. The van der Waals surface area contributed by atoms with Crippen molar-refractivity contribution < 1.29 is 9.53 Å². The maximum atomic E-state index is 12.2. The molecule has 1 saturated heterocycles. The molecule has 1 N–H and O–H groups in total. The normalized spacial score (nSPS) is 14.7. The minimum absolute atomic E-state index is 0.0589. The highest BCUT2D eigenvalue weighted by atomic mass is 32.2. The quantitative estimate of drug-likeness (QED) is 0.696. The van der Waals surface area contributed by atoms with Gasteiger partial charge in [0, 0.05) is 18.0 Å². The van der Waals surface area contributed by atoms with Crippen LogP contribution in [-0.4, -0.2) is 36.8 Å². The van der Waals surface area contributed by atoms with Crippen LogP contribution in [0.4, 0.5) is 0 Å². The van der Waals surface area contributed by atoms with Crippen molar-refractivity contribution >= 4 is 17.7 Å². The van der Waals surface area contributed by atoms with Gasteiger partial charge in [-0.05, 0) is 61.3 Å². The second kappa shape index (κ2) is 10.4. The van der Waals surface area contributed by atoms with Crippen molar-refractivity contribution in [2.75, 3.05) is 26.0 Å². The number of benzene rings is 2. The van der Waals surface area contributed by atoms with Crippen LogP contribution in [0.1, 0.15) is 30.4 Å². The largest absolute Gasteiger partial charge is 0.497 e. The first-order valence-corrected chi connectivity index (χ1v) is 10.6. The smallest absolute Gasteiger partial charge is 0.230 e. The lowest BCUT2D eigenvalue weighted by atomic mass is 10.0. The number of carbonyl (C=O) groups is 1. The molecule has 5 heteroatoms. The minimum Gasteiger partial charge on any atom is -0.497 e. The van der Waals surface area contributed by atoms with E-state index in [1.807, 2.05) is 30.3 Å². The molecule has 1 heterocycles. The first-order valence-electron chi connectivity index (χ1n) is 9.57. The molecule has 0 saturated carbocycles. The molecule has 0 spiro atoms. The van der Waals surface area contributed by atoms with Crippen LogP contribution in [0.15, 0.2) is 53.4 Å². The van der Waals surface area contributed by atoms with Gasteiger partial charge in [0.1, 0.15) is 5.75 Å². The Morgan fingerprint density at radius 3 is 2.44 bits per heavy atom. The summed E-state index contributed by atoms with van der Waals surface area (Å²) in [6, 6.07) is 16.2. The van der Waals surface area contributed by atoms with E-state index in [4.69, 9.17) is 4.74 Å². The molecule has 2 aromatic rings. The maximum Gasteiger partial charge on any atom is 0.230 e. The molecule has 1 fully saturated rings. The number of ether oxygens (including phenoxy) is 1. The van der Waals surface area contributed by atoms with Gasteiger partial charge in [0.15, 0.2) is 0 Å². The number of nitrogens with zero attached hydrogens (tertiary/aromatic N) is 1. The molecule has 3 rings (SSSR count). The van der Waals surface area contributed by atoms with Crippen LogP contribution in [0.5, 0.6) is 5.75 Å². The number of amides is 1. The van der Waals surface area contributed by atoms with Crippen LogP contribution in [0.3, 0.4) is 0 Å². The van der Waals surface area contributed by atoms with Gasteiger partial charge in [-0.3, -0.25) is 9.69 Å². The van der Waals surface area contributed by atoms with Crippen LogP contribution in [0.2, 0.25) is 0 Å². The Balaban J connectivity index is 1.47. The molecule has 1 aliphatic heterocycles. The van der Waals surface area contributed by atoms with E-state index in [1.54, 1.807) is 7.11 Å². The third kappa shape index (κ3) is 6.29. The Labute approximate surface area is 166 Å². The number of hydrogen-bond acceptors (Lipinski definition) is 4. The first-order chi connectivity index (χ1) is 13.2. The van der Waals surface area contributed by atoms with E-state index < -0.39 is 0 Å². The van der Waals surface area contributed by atoms with E-state index in [0.717, 1.165) is 17.2 Å². The third-order valence-corrected chi connectivity index (χ3v) is 5.88. The Morgan fingerprint density at radius 2 is 1.74 bits per heavy atom. The average molecular weight is 385 g/mol. The number of hydrogen-bond donors (Lipinski definition) is 1. The highest BCUT2D eigenvalue weighted by Crippen LogP contribution is 2.21. The highest BCUT2D eigenvalue weighted by Gasteiger charge is 2.13. The lowest BCUT2D eigenvalue weighted by Crippen LogP contribution is -2.30. The second-order valence-electron chi connectivity index (χ2n) is 6.85. The molecule has 1 amide bonds. The Kier molecular flexibility index (Phi) is 7.60. The summed E-state index contributed by atoms with van der Waals surface area (Å²) >= 11 is 1.54. The summed E-state index contributed by atoms with van der Waals surface area (Å²) in [5, 5.41) is 3.07. The minimum atomic E-state index is 0.0589. The van der Waals surface area contributed by atoms with Gasteiger partial charge in [-0.15, -0.1) is 11.8 Å². The van der Waals surface area contributed by atoms with Gasteiger partial charge in [-0.1, -0.05) is 30.7 Å². The number of rotatable bonds is 8. The molecule has 0 bridgehead atoms. The van der Waals surface area contributed by atoms with Crippen molar-refractivity contribution in [1.29, 1.82) is 0 Å². The Bertz CT molecular complexity index is 727. The number of methoxy groups -OCH3 is 1. The van der Waals surface area contributed by atoms with Crippen molar-refractivity contribution in [3.63, 3.8) is 0 Å². The monoisotopic (exact) mass is 384 g/mol. The Hall–Kier alpha value is -1.98. The number of likely N-dealkylation sites (tertiary alicyclic amines) is 1. The van der Waals surface area contributed by atoms with E-state index in [1.165, 1.54) is 55.2 Å². The molecule has 0 aliphatic carbocycles. The summed E-state index contributed by atoms with van der Waals surface area (Å²) < 4.78 is 5.16. The van der Waals surface area contributed by atoms with E-state index in [2.05, 4.69) is 28.4 Å². The van der Waals surface area contributed by atoms with E-state index >= 15 is 0 Å². The van der Waals surface area contributed by atoms with Gasteiger partial charge < -0.3 is 10.1 Å². The fraction of sp³-hybridized carbons (Fsp3) is 0.409. The second-order valence-corrected chi connectivity index (χ2v) is 7.90. The van der Waals surface area contributed by atoms with Crippen molar-refractivity contribution in [3.8, 4) is 5.75 Å². The predicted octanol–water partition coefficient (Wildman–Crippen LogP) is 4.09. The highest BCUT2D eigenvalue weighted by molar-refractivity contribution is 8.00. The number of carbonyl (C=O) groups excluding carboxylic acids is 1. The first kappa shape index (κ1) is 19.8. The van der Waals surface area contributed by atoms with Crippen molar-refractivity contribution in [1.82, 2.24) is 10.2 Å². The standard InChI is InChI=1S/C22H28N2O2S/c1-26-20-9-11-21(12-10-20)27-17-22(25)23-15-18-7-3-4-8-19(18)16-24-13-5-2-6-14-24/h3-4,7-12H,2,5-6,13-17H2,1H3,(H,23,25). The molecule has 27 heavy (non-hydrogen) atoms. The van der Waals surface area contributed by atoms with Gasteiger partial charge in [-0.25, -0.2) is 0 Å². The van der Waals surface area contributed by atoms with Crippen LogP contribution < -0.4 is 10.1 Å². The number of piperidine rings is 1. The molecule has 2 aromatic carbocycles. The molecular formula is C22H28N2O2S. The SMILES string of the molecule is COc1ccc(SCC(=O)NCc2ccccc2CN2CCCCC2)cc1. The lowest BCUT2D eigenvalue weighted by molar-refractivity contribution is -0.118. The molecule has 0 aromatic heterocycles.